The fraction of sp³-hybridized carbons (Fsp3) is 0.650. The molecule has 1 unspecified atom stereocenters. The summed E-state index contributed by atoms with van der Waals surface area (Å²) in [6, 6.07) is 5.26. The summed E-state index contributed by atoms with van der Waals surface area (Å²) in [5.41, 5.74) is 1.12. The number of halogens is 1. The molecule has 1 aromatic rings. The maximum Gasteiger partial charge on any atom is 0.253 e. The smallest absolute Gasteiger partial charge is 0.253 e. The number of amides is 1. The Hall–Kier alpha value is -1.11. The lowest BCUT2D eigenvalue weighted by Gasteiger charge is -2.48. The number of hydrogen-bond acceptors (Lipinski definition) is 4. The molecule has 26 heavy (non-hydrogen) atoms. The maximum absolute atomic E-state index is 13.6. The van der Waals surface area contributed by atoms with E-state index in [1.54, 1.807) is 6.07 Å². The van der Waals surface area contributed by atoms with Gasteiger partial charge in [-0.3, -0.25) is 9.69 Å². The molecule has 1 aromatic carbocycles. The van der Waals surface area contributed by atoms with Crippen molar-refractivity contribution in [2.45, 2.75) is 37.8 Å². The molecule has 0 saturated carbocycles. The summed E-state index contributed by atoms with van der Waals surface area (Å²) in [6.45, 7) is 5.98. The number of rotatable bonds is 2. The topological polar surface area (TPSA) is 32.8 Å². The van der Waals surface area contributed by atoms with Crippen molar-refractivity contribution in [2.24, 2.45) is 0 Å². The van der Waals surface area contributed by atoms with Crippen LogP contribution >= 0.6 is 11.8 Å². The van der Waals surface area contributed by atoms with Crippen LogP contribution in [0, 0.1) is 12.7 Å². The van der Waals surface area contributed by atoms with E-state index in [-0.39, 0.29) is 17.3 Å². The zero-order chi connectivity index (χ0) is 18.1. The van der Waals surface area contributed by atoms with Gasteiger partial charge in [0.05, 0.1) is 12.2 Å². The molecule has 0 aromatic heterocycles. The summed E-state index contributed by atoms with van der Waals surface area (Å²) in [4.78, 5) is 17.2. The molecular formula is C20H27FN2O2S. The normalized spacial score (nSPS) is 26.4. The van der Waals surface area contributed by atoms with Crippen molar-refractivity contribution < 1.29 is 13.9 Å². The molecule has 3 aliphatic rings. The van der Waals surface area contributed by atoms with Crippen molar-refractivity contribution >= 4 is 17.7 Å². The summed E-state index contributed by atoms with van der Waals surface area (Å²) in [5, 5.41) is 0. The third-order valence-corrected chi connectivity index (χ3v) is 7.10. The average Bonchev–Trinajstić information content (AvgIpc) is 3.16. The van der Waals surface area contributed by atoms with Crippen molar-refractivity contribution in [1.29, 1.82) is 0 Å². The third-order valence-electron chi connectivity index (χ3n) is 5.95. The highest BCUT2D eigenvalue weighted by atomic mass is 32.2. The first-order valence-electron chi connectivity index (χ1n) is 9.57. The SMILES string of the molecule is Cc1cc(F)cc(C(=O)N2CCC3(CC2)CN(C2CCSC2)CCO3)c1. The van der Waals surface area contributed by atoms with Crippen LogP contribution in [0.4, 0.5) is 4.39 Å². The van der Waals surface area contributed by atoms with Gasteiger partial charge in [0.2, 0.25) is 0 Å². The van der Waals surface area contributed by atoms with Gasteiger partial charge in [0.1, 0.15) is 5.82 Å². The summed E-state index contributed by atoms with van der Waals surface area (Å²) >= 11 is 2.05. The van der Waals surface area contributed by atoms with E-state index in [1.807, 2.05) is 23.6 Å². The molecular weight excluding hydrogens is 351 g/mol. The summed E-state index contributed by atoms with van der Waals surface area (Å²) in [7, 11) is 0. The van der Waals surface area contributed by atoms with E-state index >= 15 is 0 Å². The highest BCUT2D eigenvalue weighted by Gasteiger charge is 2.42. The van der Waals surface area contributed by atoms with E-state index in [0.29, 0.717) is 24.7 Å². The Morgan fingerprint density at radius 1 is 1.27 bits per heavy atom. The van der Waals surface area contributed by atoms with Gasteiger partial charge in [0.15, 0.2) is 0 Å². The highest BCUT2D eigenvalue weighted by molar-refractivity contribution is 7.99. The van der Waals surface area contributed by atoms with E-state index in [0.717, 1.165) is 38.1 Å². The van der Waals surface area contributed by atoms with Gasteiger partial charge in [-0.15, -0.1) is 0 Å². The van der Waals surface area contributed by atoms with Gasteiger partial charge in [0, 0.05) is 43.5 Å². The molecule has 1 spiro atoms. The minimum absolute atomic E-state index is 0.0673. The maximum atomic E-state index is 13.6. The Kier molecular flexibility index (Phi) is 5.26. The molecule has 4 nitrogen and oxygen atoms in total. The number of benzene rings is 1. The number of carbonyl (C=O) groups is 1. The molecule has 142 valence electrons. The molecule has 3 aliphatic heterocycles. The number of piperidine rings is 1. The van der Waals surface area contributed by atoms with E-state index < -0.39 is 0 Å². The quantitative estimate of drug-likeness (QED) is 0.792. The van der Waals surface area contributed by atoms with Gasteiger partial charge in [-0.25, -0.2) is 4.39 Å². The molecule has 6 heteroatoms. The second kappa shape index (κ2) is 7.49. The predicted molar refractivity (Wildman–Crippen MR) is 102 cm³/mol. The molecule has 0 aliphatic carbocycles. The molecule has 0 radical (unpaired) electrons. The molecule has 3 fully saturated rings. The summed E-state index contributed by atoms with van der Waals surface area (Å²) < 4.78 is 19.9. The number of carbonyl (C=O) groups excluding carboxylic acids is 1. The van der Waals surface area contributed by atoms with Crippen LogP contribution in [-0.2, 0) is 4.74 Å². The Balaban J connectivity index is 1.39. The van der Waals surface area contributed by atoms with Crippen LogP contribution in [0.3, 0.4) is 0 Å². The minimum Gasteiger partial charge on any atom is -0.372 e. The Labute approximate surface area is 159 Å². The van der Waals surface area contributed by atoms with Crippen molar-refractivity contribution in [3.63, 3.8) is 0 Å². The molecule has 1 atom stereocenters. The van der Waals surface area contributed by atoms with E-state index in [9.17, 15) is 9.18 Å². The lowest BCUT2D eigenvalue weighted by Crippen LogP contribution is -2.59. The highest BCUT2D eigenvalue weighted by Crippen LogP contribution is 2.33. The van der Waals surface area contributed by atoms with Gasteiger partial charge in [0.25, 0.3) is 5.91 Å². The van der Waals surface area contributed by atoms with Gasteiger partial charge < -0.3 is 9.64 Å². The molecule has 3 saturated heterocycles. The molecule has 4 rings (SSSR count). The zero-order valence-corrected chi connectivity index (χ0v) is 16.2. The number of likely N-dealkylation sites (tertiary alicyclic amines) is 1. The second-order valence-electron chi connectivity index (χ2n) is 7.83. The number of ether oxygens (including phenoxy) is 1. The fourth-order valence-corrected chi connectivity index (χ4v) is 5.71. The summed E-state index contributed by atoms with van der Waals surface area (Å²) in [5.74, 6) is 2.09. The standard InChI is InChI=1S/C20H27FN2O2S/c1-15-10-16(12-17(21)11-15)19(24)22-5-3-20(4-6-22)14-23(7-8-25-20)18-2-9-26-13-18/h10-12,18H,2-9,13-14H2,1H3. The van der Waals surface area contributed by atoms with Crippen molar-refractivity contribution in [3.8, 4) is 0 Å². The monoisotopic (exact) mass is 378 g/mol. The van der Waals surface area contributed by atoms with Crippen LogP contribution in [0.1, 0.15) is 35.2 Å². The first-order valence-corrected chi connectivity index (χ1v) is 10.7. The van der Waals surface area contributed by atoms with Gasteiger partial charge in [-0.1, -0.05) is 0 Å². The minimum atomic E-state index is -0.345. The molecule has 1 amide bonds. The van der Waals surface area contributed by atoms with Crippen LogP contribution in [0.2, 0.25) is 0 Å². The van der Waals surface area contributed by atoms with Crippen LogP contribution in [0.25, 0.3) is 0 Å². The van der Waals surface area contributed by atoms with Crippen LogP contribution in [0.15, 0.2) is 18.2 Å². The van der Waals surface area contributed by atoms with Gasteiger partial charge in [-0.05, 0) is 55.7 Å². The predicted octanol–water partition coefficient (Wildman–Crippen LogP) is 2.95. The Morgan fingerprint density at radius 3 is 2.77 bits per heavy atom. The molecule has 0 N–H and O–H groups in total. The fourth-order valence-electron chi connectivity index (χ4n) is 4.46. The first-order chi connectivity index (χ1) is 12.5. The molecule has 0 bridgehead atoms. The van der Waals surface area contributed by atoms with E-state index in [1.165, 1.54) is 30.1 Å². The lowest BCUT2D eigenvalue weighted by molar-refractivity contribution is -0.138. The van der Waals surface area contributed by atoms with Crippen LogP contribution in [-0.4, -0.2) is 71.6 Å². The third kappa shape index (κ3) is 3.78. The van der Waals surface area contributed by atoms with Gasteiger partial charge in [-0.2, -0.15) is 11.8 Å². The lowest BCUT2D eigenvalue weighted by atomic mass is 9.88. The van der Waals surface area contributed by atoms with Crippen molar-refractivity contribution in [3.05, 3.63) is 35.1 Å². The van der Waals surface area contributed by atoms with Crippen LogP contribution < -0.4 is 0 Å². The van der Waals surface area contributed by atoms with Gasteiger partial charge >= 0.3 is 0 Å². The number of aryl methyl sites for hydroxylation is 1. The zero-order valence-electron chi connectivity index (χ0n) is 15.4. The largest absolute Gasteiger partial charge is 0.372 e. The molecule has 3 heterocycles. The van der Waals surface area contributed by atoms with E-state index in [4.69, 9.17) is 4.74 Å². The van der Waals surface area contributed by atoms with Crippen molar-refractivity contribution in [2.75, 3.05) is 44.3 Å². The van der Waals surface area contributed by atoms with Crippen molar-refractivity contribution in [1.82, 2.24) is 9.80 Å². The number of hydrogen-bond donors (Lipinski definition) is 0. The summed E-state index contributed by atoms with van der Waals surface area (Å²) in [6.07, 6.45) is 3.01. The first kappa shape index (κ1) is 18.3. The average molecular weight is 379 g/mol. The number of morpholine rings is 1. The van der Waals surface area contributed by atoms with E-state index in [2.05, 4.69) is 4.90 Å². The Morgan fingerprint density at radius 2 is 2.08 bits per heavy atom. The number of thioether (sulfide) groups is 1. The van der Waals surface area contributed by atoms with Crippen LogP contribution in [0.5, 0.6) is 0 Å². The second-order valence-corrected chi connectivity index (χ2v) is 8.98. The number of nitrogens with zero attached hydrogens (tertiary/aromatic N) is 2. The Bertz CT molecular complexity index is 650.